The van der Waals surface area contributed by atoms with E-state index in [1.54, 1.807) is 0 Å². The third kappa shape index (κ3) is 6.84. The van der Waals surface area contributed by atoms with E-state index in [0.717, 1.165) is 12.8 Å². The van der Waals surface area contributed by atoms with Crippen molar-refractivity contribution in [2.24, 2.45) is 0 Å². The average Bonchev–Trinajstić information content (AvgIpc) is 2.56. The van der Waals surface area contributed by atoms with E-state index >= 15 is 0 Å². The molecule has 0 radical (unpaired) electrons. The molecule has 1 fully saturated rings. The molecule has 1 aromatic rings. The number of carbonyl (C=O) groups is 2. The summed E-state index contributed by atoms with van der Waals surface area (Å²) in [6.07, 6.45) is 4.57. The Morgan fingerprint density at radius 2 is 1.89 bits per heavy atom. The minimum atomic E-state index is -0.497. The molecule has 0 aliphatic heterocycles. The van der Waals surface area contributed by atoms with E-state index < -0.39 is 5.97 Å². The number of hydrogen-bond donors (Lipinski definition) is 2. The van der Waals surface area contributed by atoms with Gasteiger partial charge in [0.05, 0.1) is 19.8 Å². The van der Waals surface area contributed by atoms with Gasteiger partial charge in [-0.3, -0.25) is 0 Å². The number of alkyl carbamates (subject to hydrolysis) is 1. The van der Waals surface area contributed by atoms with Crippen LogP contribution in [0.25, 0.3) is 6.08 Å². The maximum atomic E-state index is 11.4. The number of methoxy groups -OCH3 is 2. The second-order valence-electron chi connectivity index (χ2n) is 7.05. The molecule has 27 heavy (non-hydrogen) atoms. The molecule has 0 bridgehead atoms. The van der Waals surface area contributed by atoms with Gasteiger partial charge in [0.25, 0.3) is 0 Å². The molecule has 1 saturated carbocycles. The van der Waals surface area contributed by atoms with Crippen molar-refractivity contribution in [1.29, 1.82) is 0 Å². The summed E-state index contributed by atoms with van der Waals surface area (Å²) in [6, 6.07) is 3.19. The van der Waals surface area contributed by atoms with Crippen LogP contribution in [0.5, 0.6) is 11.5 Å². The van der Waals surface area contributed by atoms with Crippen molar-refractivity contribution in [3.63, 3.8) is 0 Å². The van der Waals surface area contributed by atoms with Crippen LogP contribution in [-0.2, 0) is 9.47 Å². The fraction of sp³-hybridized carbons (Fsp3) is 0.500. The van der Waals surface area contributed by atoms with Crippen LogP contribution < -0.4 is 10.1 Å². The molecule has 0 atom stereocenters. The first-order chi connectivity index (χ1) is 12.6. The van der Waals surface area contributed by atoms with Gasteiger partial charge < -0.3 is 24.6 Å². The number of esters is 1. The molecule has 0 heterocycles. The van der Waals surface area contributed by atoms with Crippen LogP contribution in [0.4, 0.5) is 4.79 Å². The van der Waals surface area contributed by atoms with Crippen molar-refractivity contribution < 1.29 is 28.9 Å². The number of ether oxygens (including phenoxy) is 3. The molecule has 1 aliphatic carbocycles. The molecule has 0 saturated heterocycles. The van der Waals surface area contributed by atoms with E-state index in [9.17, 15) is 14.7 Å². The normalized spacial score (nSPS) is 13.4. The smallest absolute Gasteiger partial charge is 0.407 e. The van der Waals surface area contributed by atoms with Crippen LogP contribution in [0.15, 0.2) is 18.7 Å². The highest BCUT2D eigenvalue weighted by molar-refractivity contribution is 5.95. The van der Waals surface area contributed by atoms with Crippen LogP contribution in [0.1, 0.15) is 56.0 Å². The fourth-order valence-corrected chi connectivity index (χ4v) is 2.32. The highest BCUT2D eigenvalue weighted by Gasteiger charge is 2.23. The lowest BCUT2D eigenvalue weighted by Crippen LogP contribution is -2.42. The monoisotopic (exact) mass is 379 g/mol. The number of amides is 1. The Hall–Kier alpha value is -2.70. The molecule has 7 nitrogen and oxygen atoms in total. The quantitative estimate of drug-likeness (QED) is 0.771. The van der Waals surface area contributed by atoms with Gasteiger partial charge in [-0.25, -0.2) is 9.59 Å². The first-order valence-corrected chi connectivity index (χ1v) is 8.73. The van der Waals surface area contributed by atoms with Gasteiger partial charge in [-0.15, -0.1) is 0 Å². The Bertz CT molecular complexity index is 674. The molecule has 2 N–H and O–H groups in total. The summed E-state index contributed by atoms with van der Waals surface area (Å²) >= 11 is 0. The predicted octanol–water partition coefficient (Wildman–Crippen LogP) is 3.89. The lowest BCUT2D eigenvalue weighted by Gasteiger charge is -2.28. The van der Waals surface area contributed by atoms with Crippen molar-refractivity contribution in [2.45, 2.75) is 51.7 Å². The van der Waals surface area contributed by atoms with Gasteiger partial charge in [0, 0.05) is 11.6 Å². The number of aromatic hydroxyl groups is 1. The van der Waals surface area contributed by atoms with Crippen LogP contribution >= 0.6 is 0 Å². The number of phenols is 1. The van der Waals surface area contributed by atoms with Gasteiger partial charge in [0.2, 0.25) is 0 Å². The minimum Gasteiger partial charge on any atom is -0.504 e. The molecule has 7 heteroatoms. The van der Waals surface area contributed by atoms with Crippen LogP contribution in [0, 0.1) is 0 Å². The second-order valence-corrected chi connectivity index (χ2v) is 7.05. The Kier molecular flexibility index (Phi) is 8.15. The Labute approximate surface area is 160 Å². The van der Waals surface area contributed by atoms with Crippen molar-refractivity contribution in [3.05, 3.63) is 29.8 Å². The highest BCUT2D eigenvalue weighted by atomic mass is 16.6. The molecule has 1 amide bonds. The summed E-state index contributed by atoms with van der Waals surface area (Å²) in [5.41, 5.74) is 0.347. The van der Waals surface area contributed by atoms with Gasteiger partial charge in [0.1, 0.15) is 5.60 Å². The third-order valence-corrected chi connectivity index (χ3v) is 3.81. The second kappa shape index (κ2) is 9.85. The molecule has 1 aliphatic rings. The molecule has 2 rings (SSSR count). The van der Waals surface area contributed by atoms with Crippen molar-refractivity contribution in [2.75, 3.05) is 14.2 Å². The van der Waals surface area contributed by atoms with Gasteiger partial charge in [-0.05, 0) is 52.2 Å². The first-order valence-electron chi connectivity index (χ1n) is 8.73. The lowest BCUT2D eigenvalue weighted by atomic mass is 9.93. The number of phenolic OH excluding ortho intramolecular Hbond substituents is 1. The molecular formula is C20H29NO6. The summed E-state index contributed by atoms with van der Waals surface area (Å²) in [4.78, 5) is 22.5. The van der Waals surface area contributed by atoms with E-state index in [-0.39, 0.29) is 23.2 Å². The molecule has 0 unspecified atom stereocenters. The minimum absolute atomic E-state index is 0.0416. The maximum absolute atomic E-state index is 11.4. The van der Waals surface area contributed by atoms with E-state index in [4.69, 9.17) is 9.47 Å². The Balaban J connectivity index is 0.000000277. The Morgan fingerprint density at radius 3 is 2.30 bits per heavy atom. The molecule has 0 spiro atoms. The standard InChI is InChI=1S/C11H12O4.C9H17NO2/c1-4-7-8(11(13)15-3)5-6-9(12)10(7)14-2;1-9(2,3)12-8(11)10-7-5-4-6-7/h4-6,12H,1H2,2-3H3;7H,4-6H2,1-3H3,(H,10,11). The van der Waals surface area contributed by atoms with E-state index in [1.165, 1.54) is 38.8 Å². The van der Waals surface area contributed by atoms with Gasteiger partial charge in [-0.1, -0.05) is 12.7 Å². The van der Waals surface area contributed by atoms with Crippen LogP contribution in [-0.4, -0.2) is 43.0 Å². The number of rotatable bonds is 4. The summed E-state index contributed by atoms with van der Waals surface area (Å²) in [5, 5.41) is 12.3. The summed E-state index contributed by atoms with van der Waals surface area (Å²) in [7, 11) is 2.69. The third-order valence-electron chi connectivity index (χ3n) is 3.81. The fourth-order valence-electron chi connectivity index (χ4n) is 2.32. The van der Waals surface area contributed by atoms with E-state index in [2.05, 4.69) is 16.6 Å². The van der Waals surface area contributed by atoms with Crippen LogP contribution in [0.2, 0.25) is 0 Å². The average molecular weight is 379 g/mol. The summed E-state index contributed by atoms with van der Waals surface area (Å²) < 4.78 is 14.7. The van der Waals surface area contributed by atoms with Crippen LogP contribution in [0.3, 0.4) is 0 Å². The zero-order valence-electron chi connectivity index (χ0n) is 16.6. The SMILES string of the molecule is C=Cc1c(C(=O)OC)ccc(O)c1OC.CC(C)(C)OC(=O)NC1CCC1. The number of carbonyl (C=O) groups excluding carboxylic acids is 2. The molecular weight excluding hydrogens is 350 g/mol. The topological polar surface area (TPSA) is 94.1 Å². The number of nitrogens with one attached hydrogen (secondary N) is 1. The predicted molar refractivity (Wildman–Crippen MR) is 103 cm³/mol. The lowest BCUT2D eigenvalue weighted by molar-refractivity contribution is 0.0479. The first kappa shape index (κ1) is 22.3. The highest BCUT2D eigenvalue weighted by Crippen LogP contribution is 2.33. The summed E-state index contributed by atoms with van der Waals surface area (Å²) in [5.74, 6) is -0.323. The number of hydrogen-bond acceptors (Lipinski definition) is 6. The van der Waals surface area contributed by atoms with Crippen molar-refractivity contribution >= 4 is 18.1 Å². The molecule has 150 valence electrons. The summed E-state index contributed by atoms with van der Waals surface area (Å²) in [6.45, 7) is 9.16. The van der Waals surface area contributed by atoms with E-state index in [0.29, 0.717) is 17.2 Å². The van der Waals surface area contributed by atoms with Gasteiger partial charge in [0.15, 0.2) is 11.5 Å². The van der Waals surface area contributed by atoms with Gasteiger partial charge in [-0.2, -0.15) is 0 Å². The maximum Gasteiger partial charge on any atom is 0.407 e. The zero-order valence-corrected chi connectivity index (χ0v) is 16.6. The van der Waals surface area contributed by atoms with E-state index in [1.807, 2.05) is 20.8 Å². The largest absolute Gasteiger partial charge is 0.504 e. The Morgan fingerprint density at radius 1 is 1.26 bits per heavy atom. The molecule has 0 aromatic heterocycles. The van der Waals surface area contributed by atoms with Crippen molar-refractivity contribution in [3.8, 4) is 11.5 Å². The van der Waals surface area contributed by atoms with Gasteiger partial charge >= 0.3 is 12.1 Å². The van der Waals surface area contributed by atoms with Crippen molar-refractivity contribution in [1.82, 2.24) is 5.32 Å². The molecule has 1 aromatic carbocycles. The number of benzene rings is 1. The zero-order chi connectivity index (χ0) is 20.6.